The third kappa shape index (κ3) is 13.2. The smallest absolute Gasteiger partial charge is 0.338 e. The number of hydrogen-bond donors (Lipinski definition) is 2. The molecule has 0 aromatic heterocycles. The standard InChI is InChI=1S/C60H56O19/c1-34-44(72-52(62)37-22-10-4-11-23-37)43(61)47(75-55(65)40-28-16-7-17-29-40)59(70-34)78-49-46(74-54(64)39-26-14-6-15-27-39)36(3)71-60(51(49)77-57(67)42-32-20-9-21-33-42)79-50-48(76-56(66)41-30-18-8-19-31-41)45(35(2)69-58(50)68)73-53(63)38-24-12-5-13-25-38/h4-36,43-51,58-61,68H,1-3H3/t34-,35-,36-,43+,44-,45-,46-,47+,48+,49+,50+,51+,58+,59-,60-/m0/s1. The number of aliphatic hydroxyl groups is 2. The number of esters is 6. The van der Waals surface area contributed by atoms with Crippen LogP contribution >= 0.6 is 0 Å². The van der Waals surface area contributed by atoms with Gasteiger partial charge in [0.1, 0.15) is 12.2 Å². The summed E-state index contributed by atoms with van der Waals surface area (Å²) in [5, 5.41) is 24.2. The minimum Gasteiger partial charge on any atom is -0.453 e. The zero-order valence-electron chi connectivity index (χ0n) is 42.8. The lowest BCUT2D eigenvalue weighted by Crippen LogP contribution is -2.67. The molecule has 410 valence electrons. The van der Waals surface area contributed by atoms with Crippen molar-refractivity contribution in [2.45, 2.75) is 113 Å². The summed E-state index contributed by atoms with van der Waals surface area (Å²) in [5.74, 6) is -5.42. The lowest BCUT2D eigenvalue weighted by atomic mass is 9.95. The maximum absolute atomic E-state index is 14.4. The third-order valence-electron chi connectivity index (χ3n) is 13.3. The summed E-state index contributed by atoms with van der Waals surface area (Å²) in [7, 11) is 0. The Balaban J connectivity index is 1.12. The predicted octanol–water partition coefficient (Wildman–Crippen LogP) is 6.70. The lowest BCUT2D eigenvalue weighted by Gasteiger charge is -2.49. The van der Waals surface area contributed by atoms with Gasteiger partial charge in [-0.15, -0.1) is 0 Å². The molecule has 0 bridgehead atoms. The number of carbonyl (C=O) groups excluding carboxylic acids is 6. The van der Waals surface area contributed by atoms with Gasteiger partial charge in [0, 0.05) is 0 Å². The molecule has 0 amide bonds. The van der Waals surface area contributed by atoms with Gasteiger partial charge < -0.3 is 62.3 Å². The Kier molecular flexibility index (Phi) is 18.0. The Labute approximate surface area is 453 Å². The SMILES string of the molecule is C[C@@H]1O[C@@H](O[C@@H]2[C@@H](OC(=O)c3ccccc3)[C@H](C)O[C@@H](O[C@@H]3[C@H](OC(=O)c4ccccc4)[C@@H](OC(=O)c4ccccc4)[C@H](C)O[C@H]3O)[C@@H]2OC(=O)c2ccccc2)[C@H](OC(=O)c2ccccc2)[C@H](O)[C@H]1OC(=O)c1ccccc1. The summed E-state index contributed by atoms with van der Waals surface area (Å²) in [4.78, 5) is 83.9. The minimum atomic E-state index is -1.97. The van der Waals surface area contributed by atoms with Crippen molar-refractivity contribution in [1.29, 1.82) is 0 Å². The highest BCUT2D eigenvalue weighted by Crippen LogP contribution is 2.38. The van der Waals surface area contributed by atoms with Crippen LogP contribution in [0.4, 0.5) is 0 Å². The highest BCUT2D eigenvalue weighted by molar-refractivity contribution is 5.92. The van der Waals surface area contributed by atoms with Gasteiger partial charge in [0.25, 0.3) is 0 Å². The van der Waals surface area contributed by atoms with E-state index in [1.165, 1.54) is 93.6 Å². The molecule has 3 fully saturated rings. The monoisotopic (exact) mass is 1080 g/mol. The summed E-state index contributed by atoms with van der Waals surface area (Å²) in [6.45, 7) is 4.43. The third-order valence-corrected chi connectivity index (χ3v) is 13.3. The van der Waals surface area contributed by atoms with E-state index in [2.05, 4.69) is 0 Å². The van der Waals surface area contributed by atoms with E-state index in [1.807, 2.05) is 0 Å². The predicted molar refractivity (Wildman–Crippen MR) is 275 cm³/mol. The Morgan fingerprint density at radius 2 is 0.557 bits per heavy atom. The zero-order valence-corrected chi connectivity index (χ0v) is 42.8. The molecule has 6 aromatic carbocycles. The normalized spacial score (nSPS) is 28.4. The van der Waals surface area contributed by atoms with E-state index in [4.69, 9.17) is 52.1 Å². The second-order valence-electron chi connectivity index (χ2n) is 18.8. The average molecular weight is 1080 g/mol. The van der Waals surface area contributed by atoms with Gasteiger partial charge in [-0.2, -0.15) is 0 Å². The first-order chi connectivity index (χ1) is 38.2. The summed E-state index contributed by atoms with van der Waals surface area (Å²) >= 11 is 0. The molecule has 6 aromatic rings. The van der Waals surface area contributed by atoms with E-state index in [0.717, 1.165) is 0 Å². The molecule has 0 radical (unpaired) electrons. The molecular formula is C60H56O19. The van der Waals surface area contributed by atoms with Crippen LogP contribution in [0.3, 0.4) is 0 Å². The lowest BCUT2D eigenvalue weighted by molar-refractivity contribution is -0.374. The minimum absolute atomic E-state index is 0.0181. The van der Waals surface area contributed by atoms with Crippen molar-refractivity contribution in [3.8, 4) is 0 Å². The van der Waals surface area contributed by atoms with Gasteiger partial charge in [-0.1, -0.05) is 109 Å². The quantitative estimate of drug-likeness (QED) is 0.0756. The molecule has 19 nitrogen and oxygen atoms in total. The number of benzene rings is 6. The molecule has 9 rings (SSSR count). The van der Waals surface area contributed by atoms with Crippen LogP contribution in [0.2, 0.25) is 0 Å². The molecular weight excluding hydrogens is 1020 g/mol. The molecule has 79 heavy (non-hydrogen) atoms. The van der Waals surface area contributed by atoms with E-state index < -0.39 is 128 Å². The first-order valence-corrected chi connectivity index (χ1v) is 25.4. The first-order valence-electron chi connectivity index (χ1n) is 25.4. The largest absolute Gasteiger partial charge is 0.453 e. The molecule has 0 saturated carbocycles. The molecule has 19 heteroatoms. The zero-order chi connectivity index (χ0) is 55.6. The highest BCUT2D eigenvalue weighted by Gasteiger charge is 2.58. The van der Waals surface area contributed by atoms with Gasteiger partial charge in [0.05, 0.1) is 51.7 Å². The molecule has 0 unspecified atom stereocenters. The maximum atomic E-state index is 14.4. The van der Waals surface area contributed by atoms with E-state index in [0.29, 0.717) is 0 Å². The number of aliphatic hydroxyl groups excluding tert-OH is 2. The maximum Gasteiger partial charge on any atom is 0.338 e. The Hall–Kier alpha value is -8.14. The van der Waals surface area contributed by atoms with Crippen LogP contribution in [-0.2, 0) is 52.1 Å². The molecule has 3 saturated heterocycles. The van der Waals surface area contributed by atoms with Crippen molar-refractivity contribution < 1.29 is 91.1 Å². The van der Waals surface area contributed by atoms with Gasteiger partial charge >= 0.3 is 35.8 Å². The molecule has 3 aliphatic heterocycles. The van der Waals surface area contributed by atoms with Crippen LogP contribution in [0.25, 0.3) is 0 Å². The Morgan fingerprint density at radius 1 is 0.304 bits per heavy atom. The van der Waals surface area contributed by atoms with Crippen molar-refractivity contribution in [1.82, 2.24) is 0 Å². The fourth-order valence-corrected chi connectivity index (χ4v) is 9.26. The Morgan fingerprint density at radius 3 is 0.924 bits per heavy atom. The van der Waals surface area contributed by atoms with Crippen molar-refractivity contribution >= 4 is 35.8 Å². The molecule has 15 atom stereocenters. The van der Waals surface area contributed by atoms with Gasteiger partial charge in [0.15, 0.2) is 61.6 Å². The highest BCUT2D eigenvalue weighted by atomic mass is 16.8. The topological polar surface area (TPSA) is 244 Å². The van der Waals surface area contributed by atoms with Crippen LogP contribution in [0.5, 0.6) is 0 Å². The van der Waals surface area contributed by atoms with E-state index in [1.54, 1.807) is 109 Å². The van der Waals surface area contributed by atoms with Gasteiger partial charge in [0.2, 0.25) is 0 Å². The molecule has 0 aliphatic carbocycles. The van der Waals surface area contributed by atoms with Gasteiger partial charge in [-0.3, -0.25) is 0 Å². The van der Waals surface area contributed by atoms with Crippen LogP contribution in [0.15, 0.2) is 182 Å². The van der Waals surface area contributed by atoms with Crippen molar-refractivity contribution in [3.63, 3.8) is 0 Å². The number of rotatable bonds is 16. The fourth-order valence-electron chi connectivity index (χ4n) is 9.26. The first kappa shape index (κ1) is 55.6. The summed E-state index contributed by atoms with van der Waals surface area (Å²) in [5.41, 5.74) is 0.533. The van der Waals surface area contributed by atoms with E-state index in [9.17, 15) is 39.0 Å². The summed E-state index contributed by atoms with van der Waals surface area (Å²) < 4.78 is 68.7. The number of carbonyl (C=O) groups is 6. The summed E-state index contributed by atoms with van der Waals surface area (Å²) in [6, 6.07) is 47.1. The van der Waals surface area contributed by atoms with Crippen molar-refractivity contribution in [3.05, 3.63) is 215 Å². The molecule has 2 N–H and O–H groups in total. The molecule has 3 heterocycles. The molecule has 3 aliphatic rings. The van der Waals surface area contributed by atoms with E-state index in [-0.39, 0.29) is 33.4 Å². The second kappa shape index (κ2) is 25.6. The van der Waals surface area contributed by atoms with Crippen molar-refractivity contribution in [2.75, 3.05) is 0 Å². The van der Waals surface area contributed by atoms with E-state index >= 15 is 0 Å². The molecule has 0 spiro atoms. The number of ether oxygens (including phenoxy) is 11. The van der Waals surface area contributed by atoms with Crippen molar-refractivity contribution in [2.24, 2.45) is 0 Å². The number of hydrogen-bond acceptors (Lipinski definition) is 19. The summed E-state index contributed by atoms with van der Waals surface area (Å²) in [6.07, 6.45) is -24.9. The van der Waals surface area contributed by atoms with Gasteiger partial charge in [-0.25, -0.2) is 28.8 Å². The fraction of sp³-hybridized carbons (Fsp3) is 0.300. The van der Waals surface area contributed by atoms with Crippen LogP contribution < -0.4 is 0 Å². The second-order valence-corrected chi connectivity index (χ2v) is 18.8. The van der Waals surface area contributed by atoms with Crippen LogP contribution in [0.1, 0.15) is 82.9 Å². The van der Waals surface area contributed by atoms with Crippen LogP contribution in [0, 0.1) is 0 Å². The van der Waals surface area contributed by atoms with Gasteiger partial charge in [-0.05, 0) is 93.6 Å². The Bertz CT molecular complexity index is 3010. The average Bonchev–Trinajstić information content (AvgIpc) is 3.56. The van der Waals surface area contributed by atoms with Crippen LogP contribution in [-0.4, -0.2) is 138 Å².